The number of rotatable bonds is 2. The van der Waals surface area contributed by atoms with Crippen LogP contribution in [0.5, 0.6) is 0 Å². The molecule has 4 nitrogen and oxygen atoms in total. The number of benzene rings is 2. The number of H-pyrrole nitrogens is 1. The fraction of sp³-hybridized carbons (Fsp3) is 0.0476. The average molecular weight is 356 g/mol. The van der Waals surface area contributed by atoms with Gasteiger partial charge in [-0.3, -0.25) is 5.10 Å². The molecule has 0 unspecified atom stereocenters. The van der Waals surface area contributed by atoms with E-state index in [1.165, 1.54) is 15.0 Å². The Bertz CT molecular complexity index is 1230. The number of anilines is 1. The topological polar surface area (TPSA) is 67.6 Å². The maximum Gasteiger partial charge on any atom is 0.126 e. The average Bonchev–Trinajstić information content (AvgIpc) is 3.29. The van der Waals surface area contributed by atoms with Crippen molar-refractivity contribution in [3.05, 3.63) is 66.5 Å². The first-order chi connectivity index (χ1) is 12.7. The van der Waals surface area contributed by atoms with Crippen LogP contribution in [0.15, 0.2) is 60.9 Å². The maximum atomic E-state index is 5.88. The molecule has 5 rings (SSSR count). The van der Waals surface area contributed by atoms with Gasteiger partial charge in [-0.1, -0.05) is 18.2 Å². The summed E-state index contributed by atoms with van der Waals surface area (Å²) in [6.07, 6.45) is 3.70. The first-order valence-electron chi connectivity index (χ1n) is 8.37. The van der Waals surface area contributed by atoms with Gasteiger partial charge in [-0.25, -0.2) is 4.98 Å². The van der Waals surface area contributed by atoms with Crippen molar-refractivity contribution in [2.75, 3.05) is 5.73 Å². The van der Waals surface area contributed by atoms with E-state index in [0.717, 1.165) is 33.2 Å². The highest BCUT2D eigenvalue weighted by atomic mass is 32.1. The molecule has 3 heterocycles. The molecule has 0 bridgehead atoms. The number of aryl methyl sites for hydroxylation is 1. The summed E-state index contributed by atoms with van der Waals surface area (Å²) in [5, 5.41) is 9.75. The number of pyridine rings is 1. The van der Waals surface area contributed by atoms with Gasteiger partial charge in [0.25, 0.3) is 0 Å². The van der Waals surface area contributed by atoms with Crippen LogP contribution in [0.3, 0.4) is 0 Å². The van der Waals surface area contributed by atoms with Crippen molar-refractivity contribution in [3.63, 3.8) is 0 Å². The monoisotopic (exact) mass is 356 g/mol. The second kappa shape index (κ2) is 5.68. The van der Waals surface area contributed by atoms with Crippen LogP contribution in [0.2, 0.25) is 0 Å². The van der Waals surface area contributed by atoms with E-state index in [9.17, 15) is 0 Å². The summed E-state index contributed by atoms with van der Waals surface area (Å²) in [6, 6.07) is 17.1. The molecule has 0 radical (unpaired) electrons. The molecule has 0 saturated carbocycles. The highest BCUT2D eigenvalue weighted by Crippen LogP contribution is 2.39. The summed E-state index contributed by atoms with van der Waals surface area (Å²) >= 11 is 1.79. The minimum absolute atomic E-state index is 0.572. The fourth-order valence-electron chi connectivity index (χ4n) is 3.28. The SMILES string of the molecule is Cc1cc(-c2cc(-c3cc4ccccc4s3)c3[nH]ncc3c2)cnc1N. The third-order valence-electron chi connectivity index (χ3n) is 4.69. The Morgan fingerprint density at radius 1 is 0.962 bits per heavy atom. The summed E-state index contributed by atoms with van der Waals surface area (Å²) < 4.78 is 1.28. The molecule has 3 N–H and O–H groups in total. The quantitative estimate of drug-likeness (QED) is 0.445. The molecule has 0 fully saturated rings. The van der Waals surface area contributed by atoms with Gasteiger partial charge in [-0.2, -0.15) is 5.10 Å². The van der Waals surface area contributed by atoms with Crippen molar-refractivity contribution >= 4 is 38.1 Å². The lowest BCUT2D eigenvalue weighted by Gasteiger charge is -2.08. The molecular formula is C21H16N4S. The van der Waals surface area contributed by atoms with E-state index in [-0.39, 0.29) is 0 Å². The molecule has 5 aromatic rings. The number of fused-ring (bicyclic) bond motifs is 2. The summed E-state index contributed by atoms with van der Waals surface area (Å²) in [7, 11) is 0. The number of nitrogen functional groups attached to an aromatic ring is 1. The molecule has 126 valence electrons. The number of nitrogens with two attached hydrogens (primary N) is 1. The predicted octanol–water partition coefficient (Wildman–Crippen LogP) is 5.40. The van der Waals surface area contributed by atoms with Gasteiger partial charge in [0.2, 0.25) is 0 Å². The van der Waals surface area contributed by atoms with E-state index < -0.39 is 0 Å². The molecule has 0 amide bonds. The van der Waals surface area contributed by atoms with Crippen LogP contribution in [-0.4, -0.2) is 15.2 Å². The number of nitrogens with one attached hydrogen (secondary N) is 1. The number of thiophene rings is 1. The highest BCUT2D eigenvalue weighted by molar-refractivity contribution is 7.22. The maximum absolute atomic E-state index is 5.88. The van der Waals surface area contributed by atoms with Gasteiger partial charge in [0.05, 0.1) is 11.7 Å². The van der Waals surface area contributed by atoms with Crippen LogP contribution in [0, 0.1) is 6.92 Å². The largest absolute Gasteiger partial charge is 0.383 e. The molecular weight excluding hydrogens is 340 g/mol. The van der Waals surface area contributed by atoms with Crippen molar-refractivity contribution in [1.82, 2.24) is 15.2 Å². The van der Waals surface area contributed by atoms with Crippen molar-refractivity contribution in [3.8, 4) is 21.6 Å². The van der Waals surface area contributed by atoms with Gasteiger partial charge in [0.15, 0.2) is 0 Å². The number of hydrogen-bond acceptors (Lipinski definition) is 4. The first-order valence-corrected chi connectivity index (χ1v) is 9.19. The summed E-state index contributed by atoms with van der Waals surface area (Å²) in [6.45, 7) is 1.98. The van der Waals surface area contributed by atoms with Gasteiger partial charge >= 0.3 is 0 Å². The lowest BCUT2D eigenvalue weighted by molar-refractivity contribution is 1.12. The Kier molecular flexibility index (Phi) is 3.30. The van der Waals surface area contributed by atoms with Crippen molar-refractivity contribution < 1.29 is 0 Å². The Balaban J connectivity index is 1.76. The summed E-state index contributed by atoms with van der Waals surface area (Å²) in [5.41, 5.74) is 11.2. The Hall–Kier alpha value is -3.18. The van der Waals surface area contributed by atoms with Gasteiger partial charge < -0.3 is 5.73 Å². The predicted molar refractivity (Wildman–Crippen MR) is 109 cm³/mol. The minimum atomic E-state index is 0.572. The number of hydrogen-bond donors (Lipinski definition) is 2. The van der Waals surface area contributed by atoms with E-state index in [0.29, 0.717) is 5.82 Å². The molecule has 3 aromatic heterocycles. The van der Waals surface area contributed by atoms with Gasteiger partial charge in [-0.05, 0) is 53.8 Å². The molecule has 0 spiro atoms. The summed E-state index contributed by atoms with van der Waals surface area (Å²) in [4.78, 5) is 5.54. The third kappa shape index (κ3) is 2.36. The molecule has 0 aliphatic carbocycles. The zero-order chi connectivity index (χ0) is 17.7. The number of aromatic nitrogens is 3. The third-order valence-corrected chi connectivity index (χ3v) is 5.84. The lowest BCUT2D eigenvalue weighted by Crippen LogP contribution is -1.94. The zero-order valence-corrected chi connectivity index (χ0v) is 15.0. The molecule has 0 aliphatic heterocycles. The fourth-order valence-corrected chi connectivity index (χ4v) is 4.36. The smallest absolute Gasteiger partial charge is 0.126 e. The van der Waals surface area contributed by atoms with E-state index in [1.54, 1.807) is 11.3 Å². The van der Waals surface area contributed by atoms with Crippen LogP contribution < -0.4 is 5.73 Å². The molecule has 5 heteroatoms. The van der Waals surface area contributed by atoms with Gasteiger partial charge in [0.1, 0.15) is 5.82 Å². The van der Waals surface area contributed by atoms with Crippen LogP contribution in [0.25, 0.3) is 42.6 Å². The van der Waals surface area contributed by atoms with Gasteiger partial charge in [-0.15, -0.1) is 11.3 Å². The van der Waals surface area contributed by atoms with E-state index in [4.69, 9.17) is 5.73 Å². The second-order valence-corrected chi connectivity index (χ2v) is 7.52. The second-order valence-electron chi connectivity index (χ2n) is 6.43. The Morgan fingerprint density at radius 2 is 1.85 bits per heavy atom. The molecule has 0 atom stereocenters. The first kappa shape index (κ1) is 15.1. The Morgan fingerprint density at radius 3 is 2.69 bits per heavy atom. The Labute approximate surface area is 154 Å². The van der Waals surface area contributed by atoms with E-state index >= 15 is 0 Å². The van der Waals surface area contributed by atoms with Crippen LogP contribution >= 0.6 is 11.3 Å². The number of aromatic amines is 1. The highest BCUT2D eigenvalue weighted by Gasteiger charge is 2.13. The lowest BCUT2D eigenvalue weighted by atomic mass is 10.00. The molecule has 2 aromatic carbocycles. The molecule has 26 heavy (non-hydrogen) atoms. The van der Waals surface area contributed by atoms with Crippen molar-refractivity contribution in [1.29, 1.82) is 0 Å². The number of nitrogens with zero attached hydrogens (tertiary/aromatic N) is 2. The van der Waals surface area contributed by atoms with Crippen molar-refractivity contribution in [2.24, 2.45) is 0 Å². The molecule has 0 saturated heterocycles. The van der Waals surface area contributed by atoms with E-state index in [1.807, 2.05) is 19.3 Å². The zero-order valence-electron chi connectivity index (χ0n) is 14.2. The van der Waals surface area contributed by atoms with E-state index in [2.05, 4.69) is 63.7 Å². The minimum Gasteiger partial charge on any atom is -0.383 e. The van der Waals surface area contributed by atoms with Crippen LogP contribution in [-0.2, 0) is 0 Å². The van der Waals surface area contributed by atoms with Crippen LogP contribution in [0.1, 0.15) is 5.56 Å². The normalized spacial score (nSPS) is 11.4. The van der Waals surface area contributed by atoms with Gasteiger partial charge in [0, 0.05) is 32.3 Å². The molecule has 0 aliphatic rings. The van der Waals surface area contributed by atoms with Crippen molar-refractivity contribution in [2.45, 2.75) is 6.92 Å². The summed E-state index contributed by atoms with van der Waals surface area (Å²) in [5.74, 6) is 0.572. The standard InChI is InChI=1S/C21H16N4S/c1-12-6-15(10-23-21(12)22)14-7-16-11-24-25-20(16)17(8-14)19-9-13-4-2-3-5-18(13)26-19/h2-11H,1H3,(H2,22,23)(H,24,25). The van der Waals surface area contributed by atoms with Crippen LogP contribution in [0.4, 0.5) is 5.82 Å².